The average molecular weight is 1380 g/mol. The second-order valence-corrected chi connectivity index (χ2v) is 29.8. The van der Waals surface area contributed by atoms with Crippen LogP contribution in [0.4, 0.5) is 0 Å². The third kappa shape index (κ3) is 82.0. The molecule has 0 spiro atoms. The normalized spacial score (nSPS) is 13.2. The van der Waals surface area contributed by atoms with Crippen LogP contribution in [-0.2, 0) is 32.7 Å². The first-order valence-corrected chi connectivity index (χ1v) is 43.6. The van der Waals surface area contributed by atoms with E-state index in [4.69, 9.17) is 24.3 Å². The van der Waals surface area contributed by atoms with Crippen molar-refractivity contribution in [2.75, 3.05) is 26.4 Å². The van der Waals surface area contributed by atoms with Crippen LogP contribution in [0.1, 0.15) is 425 Å². The fourth-order valence-electron chi connectivity index (χ4n) is 12.6. The number of carbonyl (C=O) groups is 2. The van der Waals surface area contributed by atoms with E-state index >= 15 is 0 Å². The zero-order valence-corrected chi connectivity index (χ0v) is 65.0. The molecule has 2 unspecified atom stereocenters. The molecular formula is C87H160NO8P. The highest BCUT2D eigenvalue weighted by Gasteiger charge is 2.26. The zero-order chi connectivity index (χ0) is 70.0. The summed E-state index contributed by atoms with van der Waals surface area (Å²) in [7, 11) is -4.40. The summed E-state index contributed by atoms with van der Waals surface area (Å²) >= 11 is 0. The molecule has 0 saturated heterocycles. The molecule has 2 atom stereocenters. The number of hydrogen-bond acceptors (Lipinski definition) is 8. The third-order valence-corrected chi connectivity index (χ3v) is 19.7. The highest BCUT2D eigenvalue weighted by molar-refractivity contribution is 7.47. The summed E-state index contributed by atoms with van der Waals surface area (Å²) in [5.41, 5.74) is 5.42. The van der Waals surface area contributed by atoms with E-state index in [1.54, 1.807) is 0 Å². The van der Waals surface area contributed by atoms with Crippen molar-refractivity contribution in [1.82, 2.24) is 0 Å². The van der Waals surface area contributed by atoms with Crippen molar-refractivity contribution in [2.45, 2.75) is 431 Å². The Kier molecular flexibility index (Phi) is 79.8. The maximum atomic E-state index is 12.8. The van der Waals surface area contributed by atoms with Crippen molar-refractivity contribution in [3.8, 4) is 0 Å². The summed E-state index contributed by atoms with van der Waals surface area (Å²) in [4.78, 5) is 35.5. The van der Waals surface area contributed by atoms with Gasteiger partial charge in [-0.25, -0.2) is 4.57 Å². The van der Waals surface area contributed by atoms with Crippen LogP contribution >= 0.6 is 7.82 Å². The van der Waals surface area contributed by atoms with Crippen molar-refractivity contribution in [2.24, 2.45) is 5.73 Å². The Morgan fingerprint density at radius 3 is 0.845 bits per heavy atom. The number of carbonyl (C=O) groups excluding carboxylic acids is 2. The molecule has 0 radical (unpaired) electrons. The Hall–Kier alpha value is -2.81. The van der Waals surface area contributed by atoms with Gasteiger partial charge in [-0.15, -0.1) is 0 Å². The first-order valence-electron chi connectivity index (χ1n) is 42.1. The molecule has 97 heavy (non-hydrogen) atoms. The molecule has 10 heteroatoms. The van der Waals surface area contributed by atoms with Crippen molar-refractivity contribution < 1.29 is 37.6 Å². The van der Waals surface area contributed by atoms with Crippen molar-refractivity contribution in [3.05, 3.63) is 85.1 Å². The minimum Gasteiger partial charge on any atom is -0.462 e. The molecule has 0 fully saturated rings. The Labute approximate surface area is 602 Å². The summed E-state index contributed by atoms with van der Waals surface area (Å²) in [6.45, 7) is 3.69. The summed E-state index contributed by atoms with van der Waals surface area (Å²) in [6, 6.07) is 0. The van der Waals surface area contributed by atoms with Crippen LogP contribution in [-0.4, -0.2) is 49.3 Å². The number of ether oxygens (including phenoxy) is 2. The number of unbranched alkanes of at least 4 members (excludes halogenated alkanes) is 53. The Bertz CT molecular complexity index is 1870. The van der Waals surface area contributed by atoms with Crippen molar-refractivity contribution >= 4 is 19.8 Å². The number of nitrogens with two attached hydrogens (primary N) is 1. The van der Waals surface area contributed by atoms with Crippen LogP contribution in [0.25, 0.3) is 0 Å². The molecule has 0 amide bonds. The van der Waals surface area contributed by atoms with E-state index in [1.165, 1.54) is 321 Å². The van der Waals surface area contributed by atoms with E-state index in [2.05, 4.69) is 98.9 Å². The molecule has 3 N–H and O–H groups in total. The fraction of sp³-hybridized carbons (Fsp3) is 0.816. The molecule has 0 heterocycles. The minimum absolute atomic E-state index is 0.0549. The van der Waals surface area contributed by atoms with Crippen LogP contribution in [0.15, 0.2) is 85.1 Å². The lowest BCUT2D eigenvalue weighted by Crippen LogP contribution is -2.29. The molecule has 566 valence electrons. The molecule has 0 aliphatic carbocycles. The van der Waals surface area contributed by atoms with Crippen LogP contribution in [0.3, 0.4) is 0 Å². The maximum absolute atomic E-state index is 12.8. The van der Waals surface area contributed by atoms with Crippen molar-refractivity contribution in [3.63, 3.8) is 0 Å². The summed E-state index contributed by atoms with van der Waals surface area (Å²) in [5.74, 6) is -0.803. The molecule has 0 aromatic heterocycles. The molecule has 0 bridgehead atoms. The number of hydrogen-bond donors (Lipinski definition) is 2. The Morgan fingerprint density at radius 1 is 0.320 bits per heavy atom. The van der Waals surface area contributed by atoms with Gasteiger partial charge in [-0.2, -0.15) is 0 Å². The second-order valence-electron chi connectivity index (χ2n) is 28.3. The van der Waals surface area contributed by atoms with Crippen molar-refractivity contribution in [1.29, 1.82) is 0 Å². The van der Waals surface area contributed by atoms with Gasteiger partial charge in [0.1, 0.15) is 6.61 Å². The smallest absolute Gasteiger partial charge is 0.462 e. The molecule has 0 aliphatic heterocycles. The number of esters is 2. The Balaban J connectivity index is 3.74. The van der Waals surface area contributed by atoms with Gasteiger partial charge in [0.15, 0.2) is 6.10 Å². The van der Waals surface area contributed by atoms with E-state index in [9.17, 15) is 19.0 Å². The maximum Gasteiger partial charge on any atom is 0.472 e. The van der Waals surface area contributed by atoms with E-state index in [-0.39, 0.29) is 38.6 Å². The average Bonchev–Trinajstić information content (AvgIpc) is 2.57. The highest BCUT2D eigenvalue weighted by Crippen LogP contribution is 2.43. The van der Waals surface area contributed by atoms with Gasteiger partial charge in [-0.05, 0) is 89.9 Å². The zero-order valence-electron chi connectivity index (χ0n) is 64.1. The van der Waals surface area contributed by atoms with E-state index < -0.39 is 26.5 Å². The highest BCUT2D eigenvalue weighted by atomic mass is 31.2. The first-order chi connectivity index (χ1) is 47.8. The number of rotatable bonds is 80. The summed E-state index contributed by atoms with van der Waals surface area (Å²) < 4.78 is 33.3. The number of phosphoric ester groups is 1. The first kappa shape index (κ1) is 94.2. The Morgan fingerprint density at radius 2 is 0.567 bits per heavy atom. The molecule has 0 aromatic rings. The summed E-state index contributed by atoms with van der Waals surface area (Å²) in [6.07, 6.45) is 112. The van der Waals surface area contributed by atoms with E-state index in [0.29, 0.717) is 6.42 Å². The third-order valence-electron chi connectivity index (χ3n) is 18.8. The van der Waals surface area contributed by atoms with E-state index in [0.717, 1.165) is 70.6 Å². The number of phosphoric acid groups is 1. The predicted octanol–water partition coefficient (Wildman–Crippen LogP) is 28.4. The second kappa shape index (κ2) is 82.1. The molecule has 0 saturated carbocycles. The van der Waals surface area contributed by atoms with E-state index in [1.807, 2.05) is 0 Å². The van der Waals surface area contributed by atoms with Crippen LogP contribution in [0.2, 0.25) is 0 Å². The predicted molar refractivity (Wildman–Crippen MR) is 422 cm³/mol. The lowest BCUT2D eigenvalue weighted by Gasteiger charge is -2.19. The quantitative estimate of drug-likeness (QED) is 0.0264. The van der Waals surface area contributed by atoms with Gasteiger partial charge in [0.25, 0.3) is 0 Å². The lowest BCUT2D eigenvalue weighted by atomic mass is 10.0. The number of allylic oxidation sites excluding steroid dienone is 14. The van der Waals surface area contributed by atoms with Gasteiger partial charge in [0, 0.05) is 19.4 Å². The lowest BCUT2D eigenvalue weighted by molar-refractivity contribution is -0.161. The fourth-order valence-corrected chi connectivity index (χ4v) is 13.3. The van der Waals surface area contributed by atoms with Crippen LogP contribution in [0.5, 0.6) is 0 Å². The largest absolute Gasteiger partial charge is 0.472 e. The van der Waals surface area contributed by atoms with Gasteiger partial charge in [-0.3, -0.25) is 18.6 Å². The SMILES string of the molecule is CC/C=C\C/C=C\C/C=C\C/C=C\C/C=C\CCCCCCCCCCCCCCCCCCCCCCCCCCCC(=O)OC(COC(=O)CCCCCCCCCCCCCCCCCCCCCCCCC/C=C\C/C=C\CCCCCCC)COP(=O)(O)OCCN. The molecule has 0 rings (SSSR count). The molecule has 9 nitrogen and oxygen atoms in total. The van der Waals surface area contributed by atoms with Gasteiger partial charge in [0.05, 0.1) is 13.2 Å². The molecule has 0 aliphatic rings. The molecular weight excluding hydrogens is 1220 g/mol. The van der Waals surface area contributed by atoms with Gasteiger partial charge < -0.3 is 20.1 Å². The van der Waals surface area contributed by atoms with Gasteiger partial charge in [-0.1, -0.05) is 407 Å². The standard InChI is InChI=1S/C87H160NO8P/c1-3-5-7-9-11-13-15-17-19-21-23-25-27-29-31-33-35-37-39-40-41-42-43-44-46-48-50-52-54-56-58-60-62-64-66-68-70-72-74-76-78-80-87(90)96-85(84-95-97(91,92)94-82-81-88)83-93-86(89)79-77-75-73-71-69-67-65-63-61-59-57-55-53-51-49-47-45-38-36-34-32-30-28-26-24-22-20-18-16-14-12-10-8-6-4-2/h5,7,11,13,16-19,22-25,29,31,85H,3-4,6,8-10,12,14-15,20-21,26-28,30,32-84,88H2,1-2H3,(H,91,92)/b7-5-,13-11-,18-16-,19-17-,24-22-,25-23-,31-29-. The van der Waals surface area contributed by atoms with Gasteiger partial charge >= 0.3 is 19.8 Å². The van der Waals surface area contributed by atoms with Gasteiger partial charge in [0.2, 0.25) is 0 Å². The minimum atomic E-state index is -4.40. The topological polar surface area (TPSA) is 134 Å². The molecule has 0 aromatic carbocycles. The van der Waals surface area contributed by atoms with Crippen LogP contribution < -0.4 is 5.73 Å². The van der Waals surface area contributed by atoms with Crippen LogP contribution in [0, 0.1) is 0 Å². The monoisotopic (exact) mass is 1380 g/mol. The summed E-state index contributed by atoms with van der Waals surface area (Å²) in [5, 5.41) is 0.